The van der Waals surface area contributed by atoms with E-state index in [4.69, 9.17) is 12.2 Å². The highest BCUT2D eigenvalue weighted by Gasteiger charge is 2.21. The smallest absolute Gasteiger partial charge is 0.138 e. The topological polar surface area (TPSA) is 50.9 Å². The zero-order valence-electron chi connectivity index (χ0n) is 12.8. The van der Waals surface area contributed by atoms with Crippen molar-refractivity contribution in [1.82, 2.24) is 4.37 Å². The number of halogens is 2. The van der Waals surface area contributed by atoms with Crippen LogP contribution in [0.5, 0.6) is 0 Å². The second kappa shape index (κ2) is 7.15. The first-order valence-electron chi connectivity index (χ1n) is 7.24. The Bertz CT molecular complexity index is 888. The van der Waals surface area contributed by atoms with Crippen molar-refractivity contribution in [2.75, 3.05) is 5.32 Å². The highest BCUT2D eigenvalue weighted by molar-refractivity contribution is 7.24. The summed E-state index contributed by atoms with van der Waals surface area (Å²) in [5, 5.41) is 5.77. The Labute approximate surface area is 150 Å². The molecule has 0 aliphatic heterocycles. The molecule has 0 aliphatic carbocycles. The van der Waals surface area contributed by atoms with Crippen LogP contribution in [0.15, 0.2) is 11.4 Å². The molecule has 0 saturated heterocycles. The normalized spacial score (nSPS) is 13.8. The lowest BCUT2D eigenvalue weighted by atomic mass is 10.1. The Balaban J connectivity index is 1.87. The zero-order valence-corrected chi connectivity index (χ0v) is 15.3. The predicted octanol–water partition coefficient (Wildman–Crippen LogP) is 4.38. The van der Waals surface area contributed by atoms with E-state index in [0.29, 0.717) is 23.4 Å². The van der Waals surface area contributed by atoms with Crippen molar-refractivity contribution in [2.24, 2.45) is 5.73 Å². The summed E-state index contributed by atoms with van der Waals surface area (Å²) in [5.74, 6) is 2.43. The van der Waals surface area contributed by atoms with E-state index in [2.05, 4.69) is 15.6 Å². The predicted molar refractivity (Wildman–Crippen MR) is 99.3 cm³/mol. The number of terminal acetylenes is 1. The molecular weight excluding hydrogens is 368 g/mol. The third kappa shape index (κ3) is 3.30. The van der Waals surface area contributed by atoms with Gasteiger partial charge in [0.1, 0.15) is 22.5 Å². The van der Waals surface area contributed by atoms with Crippen LogP contribution in [-0.4, -0.2) is 16.6 Å². The van der Waals surface area contributed by atoms with Gasteiger partial charge in [-0.25, -0.2) is 8.78 Å². The molecule has 0 amide bonds. The van der Waals surface area contributed by atoms with Gasteiger partial charge in [0.2, 0.25) is 0 Å². The van der Waals surface area contributed by atoms with Crippen molar-refractivity contribution in [3.63, 3.8) is 0 Å². The average Bonchev–Trinajstić information content (AvgIpc) is 3.21. The molecule has 8 heteroatoms. The van der Waals surface area contributed by atoms with Crippen molar-refractivity contribution < 1.29 is 8.78 Å². The van der Waals surface area contributed by atoms with Crippen molar-refractivity contribution in [3.8, 4) is 12.3 Å². The fourth-order valence-electron chi connectivity index (χ4n) is 2.24. The number of hydrogen-bond donors (Lipinski definition) is 2. The molecule has 0 spiro atoms. The summed E-state index contributed by atoms with van der Waals surface area (Å²) in [6.07, 6.45) is 4.88. The molecule has 0 fully saturated rings. The summed E-state index contributed by atoms with van der Waals surface area (Å²) < 4.78 is 32.2. The summed E-state index contributed by atoms with van der Waals surface area (Å²) in [6.45, 7) is 1.83. The summed E-state index contributed by atoms with van der Waals surface area (Å²) >= 11 is 4.13. The molecule has 0 aromatic carbocycles. The van der Waals surface area contributed by atoms with Crippen LogP contribution in [0.2, 0.25) is 0 Å². The fourth-order valence-corrected chi connectivity index (χ4v) is 5.09. The van der Waals surface area contributed by atoms with Crippen LogP contribution in [0.3, 0.4) is 0 Å². The molecule has 2 atom stereocenters. The van der Waals surface area contributed by atoms with Crippen molar-refractivity contribution in [2.45, 2.75) is 32.1 Å². The number of anilines is 1. The summed E-state index contributed by atoms with van der Waals surface area (Å²) in [6, 6.07) is 0.850. The molecule has 3 heterocycles. The van der Waals surface area contributed by atoms with Crippen molar-refractivity contribution >= 4 is 49.4 Å². The Morgan fingerprint density at radius 1 is 1.46 bits per heavy atom. The van der Waals surface area contributed by atoms with E-state index in [-0.39, 0.29) is 5.82 Å². The van der Waals surface area contributed by atoms with Gasteiger partial charge in [-0.3, -0.25) is 0 Å². The van der Waals surface area contributed by atoms with Crippen LogP contribution in [0, 0.1) is 18.2 Å². The van der Waals surface area contributed by atoms with Crippen molar-refractivity contribution in [1.29, 1.82) is 0 Å². The lowest BCUT2D eigenvalue weighted by Crippen LogP contribution is -2.31. The zero-order chi connectivity index (χ0) is 17.3. The quantitative estimate of drug-likeness (QED) is 0.621. The van der Waals surface area contributed by atoms with Crippen molar-refractivity contribution in [3.05, 3.63) is 32.6 Å². The number of alkyl halides is 1. The second-order valence-electron chi connectivity index (χ2n) is 5.32. The Hall–Kier alpha value is -1.53. The number of nitrogens with two attached hydrogens (primary N) is 1. The van der Waals surface area contributed by atoms with E-state index in [1.54, 1.807) is 5.38 Å². The number of hydrogen-bond acceptors (Lipinski definition) is 6. The van der Waals surface area contributed by atoms with E-state index < -0.39 is 12.2 Å². The summed E-state index contributed by atoms with van der Waals surface area (Å²) in [5.41, 5.74) is 7.24. The van der Waals surface area contributed by atoms with Crippen LogP contribution in [-0.2, 0) is 13.0 Å². The van der Waals surface area contributed by atoms with Gasteiger partial charge in [0.25, 0.3) is 0 Å². The molecule has 0 bridgehead atoms. The number of fused-ring (bicyclic) bond motifs is 1. The van der Waals surface area contributed by atoms with Crippen LogP contribution in [0.1, 0.15) is 22.2 Å². The molecule has 0 aliphatic rings. The number of aromatic nitrogens is 1. The van der Waals surface area contributed by atoms with Crippen LogP contribution in [0.25, 0.3) is 10.2 Å². The maximum Gasteiger partial charge on any atom is 0.138 e. The minimum atomic E-state index is -1.11. The molecular formula is C16H15F2N3S3. The van der Waals surface area contributed by atoms with E-state index in [9.17, 15) is 8.78 Å². The van der Waals surface area contributed by atoms with Gasteiger partial charge < -0.3 is 11.1 Å². The molecule has 3 aromatic heterocycles. The molecule has 0 saturated carbocycles. The SMILES string of the molecule is C#Cc1c(C[C@@H](N)[C@@H](C)F)sc2c(NCc3sccc3F)snc12. The number of rotatable bonds is 6. The van der Waals surface area contributed by atoms with Gasteiger partial charge in [0, 0.05) is 17.3 Å². The van der Waals surface area contributed by atoms with Gasteiger partial charge >= 0.3 is 0 Å². The van der Waals surface area contributed by atoms with Gasteiger partial charge in [0.05, 0.1) is 21.7 Å². The van der Waals surface area contributed by atoms with Crippen LogP contribution in [0.4, 0.5) is 13.8 Å². The average molecular weight is 384 g/mol. The molecule has 0 unspecified atom stereocenters. The monoisotopic (exact) mass is 383 g/mol. The fraction of sp³-hybridized carbons (Fsp3) is 0.312. The van der Waals surface area contributed by atoms with Gasteiger partial charge in [-0.05, 0) is 29.9 Å². The number of thiophene rings is 2. The third-order valence-electron chi connectivity index (χ3n) is 3.65. The highest BCUT2D eigenvalue weighted by atomic mass is 32.1. The molecule has 3 rings (SSSR count). The summed E-state index contributed by atoms with van der Waals surface area (Å²) in [7, 11) is 0. The molecule has 3 nitrogen and oxygen atoms in total. The van der Waals surface area contributed by atoms with E-state index in [1.165, 1.54) is 47.2 Å². The minimum absolute atomic E-state index is 0.215. The second-order valence-corrected chi connectivity index (χ2v) is 8.20. The Kier molecular flexibility index (Phi) is 5.15. The minimum Gasteiger partial charge on any atom is -0.369 e. The van der Waals surface area contributed by atoms with Crippen LogP contribution < -0.4 is 11.1 Å². The molecule has 3 N–H and O–H groups in total. The van der Waals surface area contributed by atoms with Gasteiger partial charge in [-0.15, -0.1) is 29.1 Å². The maximum atomic E-state index is 13.5. The largest absolute Gasteiger partial charge is 0.369 e. The Morgan fingerprint density at radius 2 is 2.25 bits per heavy atom. The maximum absolute atomic E-state index is 13.5. The van der Waals surface area contributed by atoms with Gasteiger partial charge in [0.15, 0.2) is 0 Å². The summed E-state index contributed by atoms with van der Waals surface area (Å²) in [4.78, 5) is 1.50. The standard InChI is InChI=1S/C16H15F2N3S3/c1-3-9-12(6-11(19)8(2)17)23-15-14(9)21-24-16(15)20-7-13-10(18)4-5-22-13/h1,4-5,8,11,20H,6-7,19H2,2H3/t8-,11-/m1/s1. The first kappa shape index (κ1) is 17.3. The molecule has 3 aromatic rings. The molecule has 126 valence electrons. The third-order valence-corrected chi connectivity index (χ3v) is 6.70. The Morgan fingerprint density at radius 3 is 2.88 bits per heavy atom. The van der Waals surface area contributed by atoms with E-state index >= 15 is 0 Å². The highest BCUT2D eigenvalue weighted by Crippen LogP contribution is 2.39. The molecule has 0 radical (unpaired) electrons. The van der Waals surface area contributed by atoms with E-state index in [0.717, 1.165) is 20.1 Å². The lowest BCUT2D eigenvalue weighted by molar-refractivity contribution is 0.305. The van der Waals surface area contributed by atoms with E-state index in [1.807, 2.05) is 0 Å². The first-order chi connectivity index (χ1) is 11.5. The number of nitrogens with one attached hydrogen (secondary N) is 1. The van der Waals surface area contributed by atoms with Gasteiger partial charge in [-0.2, -0.15) is 4.37 Å². The van der Waals surface area contributed by atoms with Crippen LogP contribution >= 0.6 is 34.2 Å². The first-order valence-corrected chi connectivity index (χ1v) is 9.71. The molecule has 24 heavy (non-hydrogen) atoms. The van der Waals surface area contributed by atoms with Gasteiger partial charge in [-0.1, -0.05) is 5.92 Å². The number of nitrogens with zero attached hydrogens (tertiary/aromatic N) is 1. The lowest BCUT2D eigenvalue weighted by Gasteiger charge is -2.11.